The summed E-state index contributed by atoms with van der Waals surface area (Å²) >= 11 is 3.42. The van der Waals surface area contributed by atoms with Gasteiger partial charge in [0.25, 0.3) is 0 Å². The van der Waals surface area contributed by atoms with Crippen LogP contribution in [0.2, 0.25) is 0 Å². The molecule has 0 bridgehead atoms. The number of nitrogens with one attached hydrogen (secondary N) is 1. The average molecular weight is 639 g/mol. The molecule has 2 heterocycles. The third-order valence-electron chi connectivity index (χ3n) is 7.55. The lowest BCUT2D eigenvalue weighted by Gasteiger charge is -2.36. The lowest BCUT2D eigenvalue weighted by atomic mass is 9.98. The maximum Gasteiger partial charge on any atom is 0.407 e. The minimum absolute atomic E-state index is 0.00388. The number of thiazole rings is 1. The number of aliphatic hydroxyl groups excluding tert-OH is 1. The highest BCUT2D eigenvalue weighted by Gasteiger charge is 2.32. The van der Waals surface area contributed by atoms with Crippen molar-refractivity contribution in [3.63, 3.8) is 0 Å². The predicted molar refractivity (Wildman–Crippen MR) is 179 cm³/mol. The first-order valence-electron chi connectivity index (χ1n) is 14.8. The molecule has 0 unspecified atom stereocenters. The smallest absolute Gasteiger partial charge is 0.407 e. The summed E-state index contributed by atoms with van der Waals surface area (Å²) in [6.07, 6.45) is 0.991. The number of fused-ring (bicyclic) bond motifs is 1. The number of alkyl carbamates (subject to hydrolysis) is 1. The van der Waals surface area contributed by atoms with Crippen molar-refractivity contribution in [3.05, 3.63) is 132 Å². The van der Waals surface area contributed by atoms with Gasteiger partial charge >= 0.3 is 6.09 Å². The average Bonchev–Trinajstić information content (AvgIpc) is 3.52. The number of aliphatic hydroxyl groups is 1. The minimum atomic E-state index is -0.548. The van der Waals surface area contributed by atoms with Crippen LogP contribution in [0.25, 0.3) is 21.3 Å². The van der Waals surface area contributed by atoms with Crippen molar-refractivity contribution in [3.8, 4) is 11.1 Å². The van der Waals surface area contributed by atoms with Crippen molar-refractivity contribution in [1.82, 2.24) is 10.3 Å². The first-order chi connectivity index (χ1) is 22.1. The zero-order valence-corrected chi connectivity index (χ0v) is 26.3. The number of carbonyl (C=O) groups is 1. The quantitative estimate of drug-likeness (QED) is 0.111. The number of carbonyl (C=O) groups excluding carboxylic acids is 1. The molecule has 3 atom stereocenters. The van der Waals surface area contributed by atoms with Crippen LogP contribution < -0.4 is 5.32 Å². The Morgan fingerprint density at radius 1 is 1.00 bits per heavy atom. The van der Waals surface area contributed by atoms with Crippen molar-refractivity contribution in [2.75, 3.05) is 12.4 Å². The lowest BCUT2D eigenvalue weighted by Crippen LogP contribution is -2.31. The van der Waals surface area contributed by atoms with Crippen LogP contribution in [0, 0.1) is 0 Å². The monoisotopic (exact) mass is 638 g/mol. The molecular weight excluding hydrogens is 605 g/mol. The molecule has 45 heavy (non-hydrogen) atoms. The lowest BCUT2D eigenvalue weighted by molar-refractivity contribution is -0.245. The van der Waals surface area contributed by atoms with Crippen LogP contribution in [0.4, 0.5) is 4.79 Å². The minimum Gasteiger partial charge on any atom is -0.445 e. The van der Waals surface area contributed by atoms with E-state index in [2.05, 4.69) is 30.1 Å². The van der Waals surface area contributed by atoms with Gasteiger partial charge in [-0.3, -0.25) is 0 Å². The molecule has 1 saturated heterocycles. The van der Waals surface area contributed by atoms with E-state index in [9.17, 15) is 9.90 Å². The van der Waals surface area contributed by atoms with Gasteiger partial charge in [-0.2, -0.15) is 0 Å². The van der Waals surface area contributed by atoms with Crippen LogP contribution in [0.15, 0.2) is 114 Å². The number of amides is 1. The Bertz CT molecular complexity index is 1710. The van der Waals surface area contributed by atoms with E-state index in [-0.39, 0.29) is 25.4 Å². The first kappa shape index (κ1) is 31.0. The summed E-state index contributed by atoms with van der Waals surface area (Å²) in [7, 11) is 0. The molecular formula is C36H34N2O5S2. The third-order valence-corrected chi connectivity index (χ3v) is 9.86. The van der Waals surface area contributed by atoms with Gasteiger partial charge in [-0.25, -0.2) is 9.78 Å². The molecule has 5 aromatic rings. The second kappa shape index (κ2) is 14.9. The van der Waals surface area contributed by atoms with Gasteiger partial charge in [-0.1, -0.05) is 109 Å². The summed E-state index contributed by atoms with van der Waals surface area (Å²) < 4.78 is 20.4. The molecule has 6 rings (SSSR count). The van der Waals surface area contributed by atoms with Crippen LogP contribution in [0.3, 0.4) is 0 Å². The van der Waals surface area contributed by atoms with Crippen LogP contribution in [0.1, 0.15) is 41.1 Å². The molecule has 4 aromatic carbocycles. The van der Waals surface area contributed by atoms with E-state index < -0.39 is 12.4 Å². The summed E-state index contributed by atoms with van der Waals surface area (Å²) in [5.74, 6) is 0.749. The summed E-state index contributed by atoms with van der Waals surface area (Å²) in [6, 6.07) is 32.3. The maximum absolute atomic E-state index is 12.0. The van der Waals surface area contributed by atoms with E-state index in [1.54, 1.807) is 23.1 Å². The molecule has 1 aliphatic rings. The van der Waals surface area contributed by atoms with Crippen molar-refractivity contribution in [2.45, 2.75) is 42.4 Å². The highest BCUT2D eigenvalue weighted by atomic mass is 32.2. The van der Waals surface area contributed by atoms with Crippen LogP contribution in [-0.4, -0.2) is 34.6 Å². The van der Waals surface area contributed by atoms with Gasteiger partial charge in [0.05, 0.1) is 29.0 Å². The number of hydrogen-bond donors (Lipinski definition) is 2. The van der Waals surface area contributed by atoms with E-state index in [1.165, 1.54) is 10.8 Å². The number of aromatic nitrogens is 1. The van der Waals surface area contributed by atoms with E-state index in [4.69, 9.17) is 19.2 Å². The largest absolute Gasteiger partial charge is 0.445 e. The molecule has 0 spiro atoms. The maximum atomic E-state index is 12.0. The Morgan fingerprint density at radius 3 is 2.53 bits per heavy atom. The summed E-state index contributed by atoms with van der Waals surface area (Å²) in [5.41, 5.74) is 6.88. The van der Waals surface area contributed by atoms with E-state index in [1.807, 2.05) is 78.9 Å². The summed E-state index contributed by atoms with van der Waals surface area (Å²) in [6.45, 7) is 4.08. The molecule has 0 aliphatic carbocycles. The Kier molecular flexibility index (Phi) is 10.2. The Labute approximate surface area is 270 Å². The normalized spacial score (nSPS) is 18.0. The number of para-hydroxylation sites is 1. The predicted octanol–water partition coefficient (Wildman–Crippen LogP) is 8.21. The number of benzene rings is 4. The molecule has 2 N–H and O–H groups in total. The van der Waals surface area contributed by atoms with Crippen LogP contribution in [-0.2, 0) is 27.4 Å². The second-order valence-corrected chi connectivity index (χ2v) is 12.9. The van der Waals surface area contributed by atoms with Crippen molar-refractivity contribution in [1.29, 1.82) is 0 Å². The highest BCUT2D eigenvalue weighted by molar-refractivity contribution is 8.01. The fourth-order valence-corrected chi connectivity index (χ4v) is 7.34. The molecule has 1 aromatic heterocycles. The number of rotatable bonds is 11. The molecule has 1 fully saturated rings. The summed E-state index contributed by atoms with van der Waals surface area (Å²) in [5, 5.41) is 12.3. The fraction of sp³-hybridized carbons (Fsp3) is 0.222. The van der Waals surface area contributed by atoms with Gasteiger partial charge in [0, 0.05) is 24.3 Å². The Balaban J connectivity index is 1.19. The first-order valence-corrected chi connectivity index (χ1v) is 16.6. The Hall–Kier alpha value is -3.99. The molecule has 0 radical (unpaired) electrons. The van der Waals surface area contributed by atoms with Gasteiger partial charge in [-0.05, 0) is 39.9 Å². The molecule has 9 heteroatoms. The number of nitrogens with zero attached hydrogens (tertiary/aromatic N) is 1. The molecule has 1 aliphatic heterocycles. The second-order valence-electron chi connectivity index (χ2n) is 10.6. The summed E-state index contributed by atoms with van der Waals surface area (Å²) in [4.78, 5) is 16.8. The third kappa shape index (κ3) is 7.81. The number of hydrogen-bond acceptors (Lipinski definition) is 8. The Morgan fingerprint density at radius 2 is 1.76 bits per heavy atom. The van der Waals surface area contributed by atoms with Gasteiger partial charge in [0.15, 0.2) is 10.6 Å². The molecule has 1 amide bonds. The van der Waals surface area contributed by atoms with Gasteiger partial charge in [-0.15, -0.1) is 11.3 Å². The van der Waals surface area contributed by atoms with Crippen LogP contribution in [0.5, 0.6) is 0 Å². The van der Waals surface area contributed by atoms with Gasteiger partial charge < -0.3 is 24.6 Å². The molecule has 230 valence electrons. The fourth-order valence-electron chi connectivity index (χ4n) is 5.23. The van der Waals surface area contributed by atoms with Gasteiger partial charge in [0.1, 0.15) is 6.61 Å². The molecule has 0 saturated carbocycles. The highest BCUT2D eigenvalue weighted by Crippen LogP contribution is 2.40. The van der Waals surface area contributed by atoms with E-state index in [0.717, 1.165) is 49.0 Å². The van der Waals surface area contributed by atoms with E-state index >= 15 is 0 Å². The van der Waals surface area contributed by atoms with Gasteiger partial charge in [0.2, 0.25) is 0 Å². The van der Waals surface area contributed by atoms with E-state index in [0.29, 0.717) is 13.0 Å². The SMILES string of the molecule is C=CCOC(=O)NCc1ccccc1-c1ccc([C@@H]2O[C@H](CSc3nc4ccccc4s3)C[C@H](c3ccc(CO)cc3)O2)cc1. The standard InChI is InChI=1S/C36H34N2O5S2/c1-2-19-41-35(40)37-21-28-7-3-4-8-30(28)25-15-17-27(18-16-25)34-42-29(20-32(43-34)26-13-11-24(22-39)12-14-26)23-44-36-38-31-9-5-6-10-33(31)45-36/h2-18,29,32,34,39H,1,19-23H2,(H,37,40)/t29-,32+,34+/m0/s1. The zero-order valence-electron chi connectivity index (χ0n) is 24.6. The number of thioether (sulfide) groups is 1. The van der Waals surface area contributed by atoms with Crippen molar-refractivity contribution < 1.29 is 24.1 Å². The van der Waals surface area contributed by atoms with Crippen LogP contribution >= 0.6 is 23.1 Å². The topological polar surface area (TPSA) is 89.9 Å². The van der Waals surface area contributed by atoms with Crippen molar-refractivity contribution >= 4 is 39.4 Å². The molecule has 7 nitrogen and oxygen atoms in total. The van der Waals surface area contributed by atoms with Crippen molar-refractivity contribution in [2.24, 2.45) is 0 Å². The zero-order chi connectivity index (χ0) is 31.0. The number of ether oxygens (including phenoxy) is 3.